The highest BCUT2D eigenvalue weighted by atomic mass is 32.1. The van der Waals surface area contributed by atoms with E-state index in [1.54, 1.807) is 7.05 Å². The van der Waals surface area contributed by atoms with Gasteiger partial charge in [0.2, 0.25) is 5.91 Å². The number of hydrogen-bond acceptors (Lipinski definition) is 4. The average molecular weight is 318 g/mol. The second-order valence-electron chi connectivity index (χ2n) is 4.73. The summed E-state index contributed by atoms with van der Waals surface area (Å²) in [4.78, 5) is 26.2. The van der Waals surface area contributed by atoms with Crippen molar-refractivity contribution >= 4 is 23.2 Å². The molecule has 2 amide bonds. The van der Waals surface area contributed by atoms with Crippen molar-refractivity contribution in [2.24, 2.45) is 5.73 Å². The molecule has 0 fully saturated rings. The first-order chi connectivity index (χ1) is 10.5. The zero-order valence-corrected chi connectivity index (χ0v) is 13.4. The molecule has 0 bridgehead atoms. The molecular formula is C16H18N2O3S. The molecule has 1 aromatic carbocycles. The van der Waals surface area contributed by atoms with Gasteiger partial charge in [0, 0.05) is 11.9 Å². The molecule has 0 aliphatic carbocycles. The maximum Gasteiger partial charge on any atom is 0.267 e. The Morgan fingerprint density at radius 3 is 2.55 bits per heavy atom. The van der Waals surface area contributed by atoms with Crippen LogP contribution in [0, 0.1) is 0 Å². The maximum atomic E-state index is 12.5. The molecule has 6 heteroatoms. The highest BCUT2D eigenvalue weighted by Crippen LogP contribution is 2.36. The molecule has 116 valence electrons. The molecule has 0 aliphatic rings. The molecular weight excluding hydrogens is 300 g/mol. The Balaban J connectivity index is 2.35. The number of nitrogens with two attached hydrogens (primary N) is 1. The summed E-state index contributed by atoms with van der Waals surface area (Å²) in [6, 6.07) is 11.6. The van der Waals surface area contributed by atoms with Crippen molar-refractivity contribution in [2.45, 2.75) is 6.92 Å². The molecule has 0 saturated carbocycles. The van der Waals surface area contributed by atoms with Gasteiger partial charge in [0.15, 0.2) is 0 Å². The Labute approximate surface area is 133 Å². The number of carbonyl (C=O) groups is 2. The van der Waals surface area contributed by atoms with Crippen LogP contribution in [0.25, 0.3) is 10.4 Å². The van der Waals surface area contributed by atoms with Gasteiger partial charge in [0.05, 0.1) is 13.2 Å². The Morgan fingerprint density at radius 2 is 1.95 bits per heavy atom. The predicted molar refractivity (Wildman–Crippen MR) is 87.1 cm³/mol. The number of likely N-dealkylation sites (N-methyl/N-ethyl adjacent to an activating group) is 1. The van der Waals surface area contributed by atoms with Gasteiger partial charge in [0.1, 0.15) is 10.6 Å². The van der Waals surface area contributed by atoms with E-state index in [4.69, 9.17) is 10.5 Å². The third kappa shape index (κ3) is 3.65. The molecule has 0 radical (unpaired) electrons. The highest BCUT2D eigenvalue weighted by molar-refractivity contribution is 7.17. The third-order valence-corrected chi connectivity index (χ3v) is 4.14. The molecule has 0 spiro atoms. The molecule has 1 aromatic heterocycles. The number of nitrogens with zero attached hydrogens (tertiary/aromatic N) is 1. The van der Waals surface area contributed by atoms with Crippen molar-refractivity contribution in [3.63, 3.8) is 0 Å². The van der Waals surface area contributed by atoms with Crippen LogP contribution in [0.1, 0.15) is 16.6 Å². The highest BCUT2D eigenvalue weighted by Gasteiger charge is 2.22. The van der Waals surface area contributed by atoms with Gasteiger partial charge < -0.3 is 15.4 Å². The summed E-state index contributed by atoms with van der Waals surface area (Å²) in [5.41, 5.74) is 6.16. The number of benzene rings is 1. The van der Waals surface area contributed by atoms with Gasteiger partial charge in [-0.2, -0.15) is 0 Å². The summed E-state index contributed by atoms with van der Waals surface area (Å²) in [5, 5.41) is 0. The molecule has 5 nitrogen and oxygen atoms in total. The van der Waals surface area contributed by atoms with Crippen LogP contribution in [0.15, 0.2) is 36.4 Å². The zero-order valence-electron chi connectivity index (χ0n) is 12.5. The van der Waals surface area contributed by atoms with Gasteiger partial charge in [-0.05, 0) is 18.6 Å². The molecule has 1 heterocycles. The molecule has 0 unspecified atom stereocenters. The molecule has 0 saturated heterocycles. The topological polar surface area (TPSA) is 72.6 Å². The number of hydrogen-bond donors (Lipinski definition) is 1. The van der Waals surface area contributed by atoms with Crippen molar-refractivity contribution in [2.75, 3.05) is 20.2 Å². The zero-order chi connectivity index (χ0) is 16.1. The monoisotopic (exact) mass is 318 g/mol. The summed E-state index contributed by atoms with van der Waals surface area (Å²) in [5.74, 6) is -0.282. The predicted octanol–water partition coefficient (Wildman–Crippen LogP) is 2.37. The van der Waals surface area contributed by atoms with Crippen LogP contribution in [-0.4, -0.2) is 36.9 Å². The van der Waals surface area contributed by atoms with E-state index in [0.717, 1.165) is 10.4 Å². The minimum atomic E-state index is -0.548. The summed E-state index contributed by atoms with van der Waals surface area (Å²) in [6.07, 6.45) is 0. The van der Waals surface area contributed by atoms with Crippen LogP contribution in [0.4, 0.5) is 0 Å². The summed E-state index contributed by atoms with van der Waals surface area (Å²) >= 11 is 1.35. The van der Waals surface area contributed by atoms with Gasteiger partial charge in [-0.25, -0.2) is 0 Å². The Kier molecular flexibility index (Phi) is 5.16. The van der Waals surface area contributed by atoms with E-state index in [9.17, 15) is 9.59 Å². The Hall–Kier alpha value is -2.34. The molecule has 0 atom stereocenters. The van der Waals surface area contributed by atoms with E-state index in [1.165, 1.54) is 16.2 Å². The molecule has 2 aromatic rings. The van der Waals surface area contributed by atoms with Crippen LogP contribution in [0.3, 0.4) is 0 Å². The number of carbonyl (C=O) groups excluding carboxylic acids is 2. The van der Waals surface area contributed by atoms with Crippen molar-refractivity contribution in [3.8, 4) is 16.2 Å². The lowest BCUT2D eigenvalue weighted by Gasteiger charge is -2.14. The van der Waals surface area contributed by atoms with Crippen LogP contribution in [0.5, 0.6) is 5.75 Å². The molecule has 22 heavy (non-hydrogen) atoms. The van der Waals surface area contributed by atoms with Gasteiger partial charge in [-0.1, -0.05) is 30.3 Å². The Morgan fingerprint density at radius 1 is 1.27 bits per heavy atom. The standard InChI is InChI=1S/C16H18N2O3S/c1-3-21-12-9-13(11-7-5-4-6-8-11)22-15(12)16(20)18(2)10-14(17)19/h4-9H,3,10H2,1-2H3,(H2,17,19). The largest absolute Gasteiger partial charge is 0.492 e. The maximum absolute atomic E-state index is 12.5. The van der Waals surface area contributed by atoms with Gasteiger partial charge in [-0.3, -0.25) is 9.59 Å². The van der Waals surface area contributed by atoms with E-state index in [-0.39, 0.29) is 12.5 Å². The second-order valence-corrected chi connectivity index (χ2v) is 5.78. The smallest absolute Gasteiger partial charge is 0.267 e. The first kappa shape index (κ1) is 16.0. The molecule has 2 N–H and O–H groups in total. The quantitative estimate of drug-likeness (QED) is 0.888. The van der Waals surface area contributed by atoms with Gasteiger partial charge in [0.25, 0.3) is 5.91 Å². The number of primary amides is 1. The lowest BCUT2D eigenvalue weighted by atomic mass is 10.2. The fourth-order valence-corrected chi connectivity index (χ4v) is 3.11. The van der Waals surface area contributed by atoms with E-state index < -0.39 is 5.91 Å². The minimum absolute atomic E-state index is 0.122. The fourth-order valence-electron chi connectivity index (χ4n) is 2.01. The van der Waals surface area contributed by atoms with E-state index >= 15 is 0 Å². The van der Waals surface area contributed by atoms with Crippen LogP contribution < -0.4 is 10.5 Å². The average Bonchev–Trinajstić information content (AvgIpc) is 2.91. The summed E-state index contributed by atoms with van der Waals surface area (Å²) in [6.45, 7) is 2.20. The normalized spacial score (nSPS) is 10.3. The van der Waals surface area contributed by atoms with Crippen molar-refractivity contribution in [1.82, 2.24) is 4.90 Å². The van der Waals surface area contributed by atoms with Crippen molar-refractivity contribution in [1.29, 1.82) is 0 Å². The second kappa shape index (κ2) is 7.09. The number of ether oxygens (including phenoxy) is 1. The van der Waals surface area contributed by atoms with Crippen LogP contribution >= 0.6 is 11.3 Å². The van der Waals surface area contributed by atoms with E-state index in [2.05, 4.69) is 0 Å². The fraction of sp³-hybridized carbons (Fsp3) is 0.250. The number of rotatable bonds is 6. The lowest BCUT2D eigenvalue weighted by Crippen LogP contribution is -2.35. The van der Waals surface area contributed by atoms with Crippen LogP contribution in [0.2, 0.25) is 0 Å². The third-order valence-electron chi connectivity index (χ3n) is 2.99. The molecule has 2 rings (SSSR count). The van der Waals surface area contributed by atoms with Crippen molar-refractivity contribution < 1.29 is 14.3 Å². The SMILES string of the molecule is CCOc1cc(-c2ccccc2)sc1C(=O)N(C)CC(N)=O. The van der Waals surface area contributed by atoms with Crippen molar-refractivity contribution in [3.05, 3.63) is 41.3 Å². The summed E-state index contributed by atoms with van der Waals surface area (Å²) in [7, 11) is 1.55. The van der Waals surface area contributed by atoms with E-state index in [1.807, 2.05) is 43.3 Å². The first-order valence-electron chi connectivity index (χ1n) is 6.88. The first-order valence-corrected chi connectivity index (χ1v) is 7.70. The lowest BCUT2D eigenvalue weighted by molar-refractivity contribution is -0.118. The molecule has 0 aliphatic heterocycles. The Bertz CT molecular complexity index is 667. The number of amides is 2. The van der Waals surface area contributed by atoms with Crippen LogP contribution in [-0.2, 0) is 4.79 Å². The van der Waals surface area contributed by atoms with E-state index in [0.29, 0.717) is 17.2 Å². The van der Waals surface area contributed by atoms with Gasteiger partial charge in [-0.15, -0.1) is 11.3 Å². The summed E-state index contributed by atoms with van der Waals surface area (Å²) < 4.78 is 5.56. The minimum Gasteiger partial charge on any atom is -0.492 e. The van der Waals surface area contributed by atoms with Gasteiger partial charge >= 0.3 is 0 Å². The number of thiophene rings is 1.